The van der Waals surface area contributed by atoms with Crippen molar-refractivity contribution < 1.29 is 14.3 Å². The smallest absolute Gasteiger partial charge is 0.257 e. The molecule has 0 bridgehead atoms. The molecule has 0 aliphatic carbocycles. The van der Waals surface area contributed by atoms with E-state index in [2.05, 4.69) is 22.4 Å². The van der Waals surface area contributed by atoms with Crippen LogP contribution in [-0.2, 0) is 5.75 Å². The van der Waals surface area contributed by atoms with E-state index in [0.717, 1.165) is 11.4 Å². The molecule has 0 radical (unpaired) electrons. The monoisotopic (exact) mass is 370 g/mol. The zero-order valence-corrected chi connectivity index (χ0v) is 14.7. The van der Waals surface area contributed by atoms with E-state index in [1.165, 1.54) is 16.2 Å². The van der Waals surface area contributed by atoms with Crippen molar-refractivity contribution in [3.63, 3.8) is 0 Å². The second kappa shape index (κ2) is 7.16. The molecule has 1 N–H and O–H groups in total. The van der Waals surface area contributed by atoms with Gasteiger partial charge < -0.3 is 9.47 Å². The largest absolute Gasteiger partial charge is 0.454 e. The minimum atomic E-state index is -0.213. The minimum absolute atomic E-state index is 0.190. The van der Waals surface area contributed by atoms with Crippen LogP contribution in [0.2, 0.25) is 0 Å². The first-order valence-electron chi connectivity index (χ1n) is 7.61. The lowest BCUT2D eigenvalue weighted by Crippen LogP contribution is -2.11. The summed E-state index contributed by atoms with van der Waals surface area (Å²) in [6.45, 7) is 0.190. The number of ether oxygens (including phenoxy) is 2. The van der Waals surface area contributed by atoms with Crippen LogP contribution in [-0.4, -0.2) is 17.7 Å². The molecule has 0 fully saturated rings. The molecule has 1 aliphatic rings. The Kier molecular flexibility index (Phi) is 4.58. The summed E-state index contributed by atoms with van der Waals surface area (Å²) >= 11 is 3.14. The topological polar surface area (TPSA) is 60.5 Å². The Labute approximate surface area is 153 Å². The number of nitrogens with zero attached hydrogens (tertiary/aromatic N) is 1. The zero-order valence-electron chi connectivity index (χ0n) is 13.1. The number of thioether (sulfide) groups is 1. The molecule has 25 heavy (non-hydrogen) atoms. The second-order valence-electron chi connectivity index (χ2n) is 5.27. The molecule has 2 heterocycles. The van der Waals surface area contributed by atoms with E-state index < -0.39 is 0 Å². The van der Waals surface area contributed by atoms with Gasteiger partial charge in [-0.15, -0.1) is 23.1 Å². The number of benzene rings is 2. The fourth-order valence-corrected chi connectivity index (χ4v) is 3.93. The lowest BCUT2D eigenvalue weighted by Gasteiger charge is -2.03. The van der Waals surface area contributed by atoms with Gasteiger partial charge >= 0.3 is 0 Å². The molecular formula is C18H14N2O3S2. The molecule has 0 unspecified atom stereocenters. The molecule has 0 saturated heterocycles. The number of nitrogens with one attached hydrogen (secondary N) is 1. The molecular weight excluding hydrogens is 356 g/mol. The highest BCUT2D eigenvalue weighted by atomic mass is 32.2. The van der Waals surface area contributed by atoms with Gasteiger partial charge in [0.05, 0.1) is 5.69 Å². The number of anilines is 1. The first-order chi connectivity index (χ1) is 12.3. The molecule has 4 rings (SSSR count). The van der Waals surface area contributed by atoms with E-state index in [4.69, 9.17) is 9.47 Å². The van der Waals surface area contributed by atoms with Crippen molar-refractivity contribution in [2.45, 2.75) is 10.6 Å². The molecule has 7 heteroatoms. The highest BCUT2D eigenvalue weighted by molar-refractivity contribution is 7.98. The first kappa shape index (κ1) is 16.0. The molecule has 5 nitrogen and oxygen atoms in total. The van der Waals surface area contributed by atoms with E-state index in [1.807, 2.05) is 23.6 Å². The Morgan fingerprint density at radius 2 is 2.00 bits per heavy atom. The van der Waals surface area contributed by atoms with Crippen LogP contribution in [0, 0.1) is 0 Å². The average molecular weight is 370 g/mol. The van der Waals surface area contributed by atoms with Gasteiger partial charge in [0.1, 0.15) is 0 Å². The summed E-state index contributed by atoms with van der Waals surface area (Å²) in [7, 11) is 0. The fraction of sp³-hybridized carbons (Fsp3) is 0.111. The molecule has 0 saturated carbocycles. The van der Waals surface area contributed by atoms with Gasteiger partial charge in [-0.2, -0.15) is 0 Å². The maximum atomic E-state index is 12.4. The van der Waals surface area contributed by atoms with Gasteiger partial charge in [0.15, 0.2) is 16.6 Å². The first-order valence-corrected chi connectivity index (χ1v) is 9.48. The van der Waals surface area contributed by atoms with Crippen molar-refractivity contribution in [1.29, 1.82) is 0 Å². The van der Waals surface area contributed by atoms with Crippen LogP contribution >= 0.6 is 23.1 Å². The predicted molar refractivity (Wildman–Crippen MR) is 98.6 cm³/mol. The summed E-state index contributed by atoms with van der Waals surface area (Å²) in [5.41, 5.74) is 1.46. The van der Waals surface area contributed by atoms with Crippen LogP contribution in [0.4, 0.5) is 5.13 Å². The van der Waals surface area contributed by atoms with E-state index in [1.54, 1.807) is 30.0 Å². The van der Waals surface area contributed by atoms with Crippen LogP contribution in [0.1, 0.15) is 16.1 Å². The van der Waals surface area contributed by atoms with E-state index in [9.17, 15) is 4.79 Å². The standard InChI is InChI=1S/C18H14N2O3S2/c21-17(12-6-7-15-16(8-12)23-11-22-15)20-18-19-13(10-25-18)9-24-14-4-2-1-3-5-14/h1-8,10H,9,11H2,(H,19,20,21). The Balaban J connectivity index is 1.38. The summed E-state index contributed by atoms with van der Waals surface area (Å²) in [5.74, 6) is 1.80. The van der Waals surface area contributed by atoms with Crippen molar-refractivity contribution >= 4 is 34.1 Å². The summed E-state index contributed by atoms with van der Waals surface area (Å²) in [6, 6.07) is 15.3. The number of carbonyl (C=O) groups is 1. The summed E-state index contributed by atoms with van der Waals surface area (Å²) in [4.78, 5) is 18.0. The number of hydrogen-bond donors (Lipinski definition) is 1. The zero-order chi connectivity index (χ0) is 17.1. The molecule has 2 aromatic carbocycles. The van der Waals surface area contributed by atoms with Crippen LogP contribution in [0.25, 0.3) is 0 Å². The van der Waals surface area contributed by atoms with Crippen LogP contribution < -0.4 is 14.8 Å². The second-order valence-corrected chi connectivity index (χ2v) is 7.17. The molecule has 3 aromatic rings. The van der Waals surface area contributed by atoms with Crippen molar-refractivity contribution in [3.8, 4) is 11.5 Å². The Bertz CT molecular complexity index is 896. The van der Waals surface area contributed by atoms with Gasteiger partial charge in [-0.05, 0) is 30.3 Å². The third-order valence-corrected chi connectivity index (χ3v) is 5.39. The van der Waals surface area contributed by atoms with Gasteiger partial charge in [-0.3, -0.25) is 10.1 Å². The van der Waals surface area contributed by atoms with Crippen LogP contribution in [0.5, 0.6) is 11.5 Å². The van der Waals surface area contributed by atoms with E-state index in [-0.39, 0.29) is 12.7 Å². The highest BCUT2D eigenvalue weighted by Crippen LogP contribution is 2.33. The summed E-state index contributed by atoms with van der Waals surface area (Å²) in [5, 5.41) is 5.38. The van der Waals surface area contributed by atoms with Crippen LogP contribution in [0.3, 0.4) is 0 Å². The van der Waals surface area contributed by atoms with Gasteiger partial charge in [0.25, 0.3) is 5.91 Å². The maximum Gasteiger partial charge on any atom is 0.257 e. The Hall–Kier alpha value is -2.51. The average Bonchev–Trinajstić information content (AvgIpc) is 3.29. The molecule has 126 valence electrons. The quantitative estimate of drug-likeness (QED) is 0.674. The third kappa shape index (κ3) is 3.78. The number of thiazole rings is 1. The SMILES string of the molecule is O=C(Nc1nc(CSc2ccccc2)cs1)c1ccc2c(c1)OCO2. The van der Waals surface area contributed by atoms with E-state index in [0.29, 0.717) is 22.2 Å². The number of hydrogen-bond acceptors (Lipinski definition) is 6. The minimum Gasteiger partial charge on any atom is -0.454 e. The van der Waals surface area contributed by atoms with Crippen molar-refractivity contribution in [3.05, 3.63) is 65.2 Å². The Morgan fingerprint density at radius 1 is 1.16 bits per heavy atom. The van der Waals surface area contributed by atoms with Crippen LogP contribution in [0.15, 0.2) is 58.8 Å². The highest BCUT2D eigenvalue weighted by Gasteiger charge is 2.17. The number of aromatic nitrogens is 1. The molecule has 0 atom stereocenters. The molecule has 0 spiro atoms. The normalized spacial score (nSPS) is 12.2. The molecule has 1 aromatic heterocycles. The van der Waals surface area contributed by atoms with Crippen molar-refractivity contribution in [2.24, 2.45) is 0 Å². The summed E-state index contributed by atoms with van der Waals surface area (Å²) in [6.07, 6.45) is 0. The lowest BCUT2D eigenvalue weighted by atomic mass is 10.2. The summed E-state index contributed by atoms with van der Waals surface area (Å²) < 4.78 is 10.6. The van der Waals surface area contributed by atoms with Gasteiger partial charge in [0.2, 0.25) is 6.79 Å². The number of rotatable bonds is 5. The van der Waals surface area contributed by atoms with E-state index >= 15 is 0 Å². The van der Waals surface area contributed by atoms with Crippen molar-refractivity contribution in [2.75, 3.05) is 12.1 Å². The lowest BCUT2D eigenvalue weighted by molar-refractivity contribution is 0.102. The maximum absolute atomic E-state index is 12.4. The van der Waals surface area contributed by atoms with Gasteiger partial charge in [0, 0.05) is 21.6 Å². The number of fused-ring (bicyclic) bond motifs is 1. The van der Waals surface area contributed by atoms with Gasteiger partial charge in [-0.1, -0.05) is 18.2 Å². The van der Waals surface area contributed by atoms with Crippen molar-refractivity contribution in [1.82, 2.24) is 4.98 Å². The number of carbonyl (C=O) groups excluding carboxylic acids is 1. The van der Waals surface area contributed by atoms with Gasteiger partial charge in [-0.25, -0.2) is 4.98 Å². The molecule has 1 aliphatic heterocycles. The predicted octanol–water partition coefficient (Wildman–Crippen LogP) is 4.42. The Morgan fingerprint density at radius 3 is 2.88 bits per heavy atom. The fourth-order valence-electron chi connectivity index (χ4n) is 2.31. The third-order valence-electron chi connectivity index (χ3n) is 3.54. The molecule has 1 amide bonds. The number of amides is 1.